The van der Waals surface area contributed by atoms with Gasteiger partial charge < -0.3 is 4.74 Å². The monoisotopic (exact) mass is 322 g/mol. The van der Waals surface area contributed by atoms with E-state index in [9.17, 15) is 4.79 Å². The van der Waals surface area contributed by atoms with Gasteiger partial charge in [0.1, 0.15) is 5.75 Å². The van der Waals surface area contributed by atoms with E-state index in [-0.39, 0.29) is 22.8 Å². The van der Waals surface area contributed by atoms with Gasteiger partial charge in [-0.2, -0.15) is 4.57 Å². The molecule has 0 amide bonds. The SMILES string of the molecule is Br.COc1ccc(C(=O)C[n+]2ccccc2C)cc1. The molecule has 0 aliphatic carbocycles. The number of benzene rings is 1. The third-order valence-electron chi connectivity index (χ3n) is 2.89. The van der Waals surface area contributed by atoms with Crippen LogP contribution < -0.4 is 9.30 Å². The van der Waals surface area contributed by atoms with Gasteiger partial charge in [-0.3, -0.25) is 4.79 Å². The van der Waals surface area contributed by atoms with Gasteiger partial charge in [0, 0.05) is 24.6 Å². The number of methoxy groups -OCH3 is 1. The highest BCUT2D eigenvalue weighted by Crippen LogP contribution is 2.11. The van der Waals surface area contributed by atoms with E-state index in [0.29, 0.717) is 12.1 Å². The first kappa shape index (κ1) is 15.4. The number of aryl methyl sites for hydroxylation is 1. The molecular weight excluding hydrogens is 306 g/mol. The predicted molar refractivity (Wildman–Crippen MR) is 79.0 cm³/mol. The molecule has 2 aromatic rings. The van der Waals surface area contributed by atoms with Crippen LogP contribution >= 0.6 is 17.0 Å². The number of carbonyl (C=O) groups is 1. The Morgan fingerprint density at radius 1 is 1.16 bits per heavy atom. The Morgan fingerprint density at radius 2 is 1.84 bits per heavy atom. The minimum atomic E-state index is 0. The second-order valence-corrected chi connectivity index (χ2v) is 4.12. The van der Waals surface area contributed by atoms with Crippen LogP contribution in [0, 0.1) is 6.92 Å². The zero-order chi connectivity index (χ0) is 13.0. The number of carbonyl (C=O) groups excluding carboxylic acids is 1. The lowest BCUT2D eigenvalue weighted by Crippen LogP contribution is -2.40. The molecule has 100 valence electrons. The minimum Gasteiger partial charge on any atom is -0.497 e. The lowest BCUT2D eigenvalue weighted by atomic mass is 10.1. The Labute approximate surface area is 123 Å². The Bertz CT molecular complexity index is 552. The quantitative estimate of drug-likeness (QED) is 0.640. The zero-order valence-electron chi connectivity index (χ0n) is 11.0. The second-order valence-electron chi connectivity index (χ2n) is 4.12. The summed E-state index contributed by atoms with van der Waals surface area (Å²) in [7, 11) is 1.61. The maximum Gasteiger partial charge on any atom is 0.227 e. The maximum absolute atomic E-state index is 12.1. The molecule has 0 aliphatic heterocycles. The normalized spacial score (nSPS) is 9.58. The average molecular weight is 323 g/mol. The number of halogens is 1. The highest BCUT2D eigenvalue weighted by atomic mass is 79.9. The number of Topliss-reactive ketones (excluding diaryl/α,β-unsaturated/α-hetero) is 1. The summed E-state index contributed by atoms with van der Waals surface area (Å²) in [6.07, 6.45) is 1.91. The first-order valence-corrected chi connectivity index (χ1v) is 5.83. The summed E-state index contributed by atoms with van der Waals surface area (Å²) in [6, 6.07) is 13.1. The smallest absolute Gasteiger partial charge is 0.227 e. The molecule has 0 atom stereocenters. The van der Waals surface area contributed by atoms with Gasteiger partial charge >= 0.3 is 0 Å². The van der Waals surface area contributed by atoms with Crippen molar-refractivity contribution in [1.29, 1.82) is 0 Å². The highest BCUT2D eigenvalue weighted by molar-refractivity contribution is 8.93. The van der Waals surface area contributed by atoms with Crippen molar-refractivity contribution in [2.45, 2.75) is 13.5 Å². The van der Waals surface area contributed by atoms with Gasteiger partial charge in [0.25, 0.3) is 0 Å². The van der Waals surface area contributed by atoms with Gasteiger partial charge in [-0.15, -0.1) is 17.0 Å². The Balaban J connectivity index is 0.00000180. The van der Waals surface area contributed by atoms with Crippen molar-refractivity contribution < 1.29 is 14.1 Å². The van der Waals surface area contributed by atoms with Crippen LogP contribution in [0.3, 0.4) is 0 Å². The molecule has 0 spiro atoms. The van der Waals surface area contributed by atoms with Gasteiger partial charge in [0.2, 0.25) is 12.3 Å². The number of ketones is 1. The molecule has 0 fully saturated rings. The van der Waals surface area contributed by atoms with Gasteiger partial charge in [-0.1, -0.05) is 6.07 Å². The molecule has 4 heteroatoms. The molecule has 0 saturated heterocycles. The van der Waals surface area contributed by atoms with Crippen LogP contribution in [0.5, 0.6) is 5.75 Å². The third kappa shape index (κ3) is 3.89. The Morgan fingerprint density at radius 3 is 2.42 bits per heavy atom. The van der Waals surface area contributed by atoms with Crippen molar-refractivity contribution in [3.05, 3.63) is 59.9 Å². The van der Waals surface area contributed by atoms with Gasteiger partial charge in [-0.25, -0.2) is 0 Å². The molecule has 1 heterocycles. The number of hydrogen-bond donors (Lipinski definition) is 0. The maximum atomic E-state index is 12.1. The fourth-order valence-electron chi connectivity index (χ4n) is 1.76. The van der Waals surface area contributed by atoms with Crippen molar-refractivity contribution >= 4 is 22.8 Å². The van der Waals surface area contributed by atoms with Crippen LogP contribution in [0.2, 0.25) is 0 Å². The van der Waals surface area contributed by atoms with E-state index in [1.165, 1.54) is 0 Å². The van der Waals surface area contributed by atoms with Gasteiger partial charge in [0.05, 0.1) is 7.11 Å². The van der Waals surface area contributed by atoms with Crippen molar-refractivity contribution in [2.24, 2.45) is 0 Å². The van der Waals surface area contributed by atoms with Gasteiger partial charge in [0.15, 0.2) is 11.9 Å². The van der Waals surface area contributed by atoms with Crippen molar-refractivity contribution in [1.82, 2.24) is 0 Å². The number of ether oxygens (including phenoxy) is 1. The van der Waals surface area contributed by atoms with E-state index < -0.39 is 0 Å². The number of nitrogens with zero attached hydrogens (tertiary/aromatic N) is 1. The second kappa shape index (κ2) is 7.04. The summed E-state index contributed by atoms with van der Waals surface area (Å²) in [5.74, 6) is 0.854. The summed E-state index contributed by atoms with van der Waals surface area (Å²) in [5, 5.41) is 0. The number of pyridine rings is 1. The summed E-state index contributed by atoms with van der Waals surface area (Å²) >= 11 is 0. The molecule has 0 saturated carbocycles. The van der Waals surface area contributed by atoms with E-state index in [2.05, 4.69) is 0 Å². The molecule has 2 rings (SSSR count). The van der Waals surface area contributed by atoms with E-state index in [0.717, 1.165) is 11.4 Å². The van der Waals surface area contributed by atoms with Crippen molar-refractivity contribution in [2.75, 3.05) is 7.11 Å². The molecule has 0 unspecified atom stereocenters. The lowest BCUT2D eigenvalue weighted by Gasteiger charge is -2.02. The predicted octanol–water partition coefficient (Wildman–Crippen LogP) is 2.75. The van der Waals surface area contributed by atoms with E-state index in [1.807, 2.05) is 35.9 Å². The molecule has 0 N–H and O–H groups in total. The first-order valence-electron chi connectivity index (χ1n) is 5.83. The Kier molecular flexibility index (Phi) is 5.70. The molecule has 0 radical (unpaired) electrons. The molecule has 3 nitrogen and oxygen atoms in total. The molecule has 19 heavy (non-hydrogen) atoms. The van der Waals surface area contributed by atoms with E-state index in [4.69, 9.17) is 4.74 Å². The highest BCUT2D eigenvalue weighted by Gasteiger charge is 2.13. The number of hydrogen-bond acceptors (Lipinski definition) is 2. The third-order valence-corrected chi connectivity index (χ3v) is 2.89. The molecule has 0 aliphatic rings. The summed E-state index contributed by atoms with van der Waals surface area (Å²) in [6.45, 7) is 2.35. The topological polar surface area (TPSA) is 30.2 Å². The van der Waals surface area contributed by atoms with Crippen LogP contribution in [0.25, 0.3) is 0 Å². The van der Waals surface area contributed by atoms with Crippen molar-refractivity contribution in [3.8, 4) is 5.75 Å². The largest absolute Gasteiger partial charge is 0.497 e. The zero-order valence-corrected chi connectivity index (χ0v) is 12.7. The number of aromatic nitrogens is 1. The standard InChI is InChI=1S/C15H16NO2.BrH/c1-12-5-3-4-10-16(12)11-15(17)13-6-8-14(18-2)9-7-13;/h3-10H,11H2,1-2H3;1H/q+1;. The summed E-state index contributed by atoms with van der Waals surface area (Å²) in [4.78, 5) is 12.1. The van der Waals surface area contributed by atoms with Crippen LogP contribution in [-0.2, 0) is 6.54 Å². The average Bonchev–Trinajstić information content (AvgIpc) is 2.41. The molecule has 0 bridgehead atoms. The minimum absolute atomic E-state index is 0. The van der Waals surface area contributed by atoms with Crippen molar-refractivity contribution in [3.63, 3.8) is 0 Å². The van der Waals surface area contributed by atoms with E-state index >= 15 is 0 Å². The van der Waals surface area contributed by atoms with Crippen LogP contribution in [0.15, 0.2) is 48.7 Å². The first-order chi connectivity index (χ1) is 8.70. The van der Waals surface area contributed by atoms with Gasteiger partial charge in [-0.05, 0) is 24.3 Å². The Hall–Kier alpha value is -1.68. The molecular formula is C15H17BrNO2+. The van der Waals surface area contributed by atoms with Crippen LogP contribution in [0.1, 0.15) is 16.1 Å². The fraction of sp³-hybridized carbons (Fsp3) is 0.200. The number of rotatable bonds is 4. The lowest BCUT2D eigenvalue weighted by molar-refractivity contribution is -0.689. The van der Waals surface area contributed by atoms with E-state index in [1.54, 1.807) is 31.4 Å². The van der Waals surface area contributed by atoms with Crippen LogP contribution in [-0.4, -0.2) is 12.9 Å². The summed E-state index contributed by atoms with van der Waals surface area (Å²) < 4.78 is 7.01. The summed E-state index contributed by atoms with van der Waals surface area (Å²) in [5.41, 5.74) is 1.77. The fourth-order valence-corrected chi connectivity index (χ4v) is 1.76. The molecule has 1 aromatic heterocycles. The molecule has 1 aromatic carbocycles. The van der Waals surface area contributed by atoms with Crippen LogP contribution in [0.4, 0.5) is 0 Å².